The molecule has 0 radical (unpaired) electrons. The molecule has 1 unspecified atom stereocenters. The highest BCUT2D eigenvalue weighted by atomic mass is 35.5. The molecule has 11 heteroatoms. The Bertz CT molecular complexity index is 918. The molecule has 0 saturated carbocycles. The van der Waals surface area contributed by atoms with E-state index in [-0.39, 0.29) is 16.5 Å². The third-order valence-electron chi connectivity index (χ3n) is 3.42. The minimum atomic E-state index is -3.96. The normalized spacial score (nSPS) is 14.1. The molecule has 0 heterocycles. The lowest BCUT2D eigenvalue weighted by atomic mass is 10.2. The van der Waals surface area contributed by atoms with E-state index in [1.165, 1.54) is 12.1 Å². The molecular weight excluding hydrogens is 424 g/mol. The summed E-state index contributed by atoms with van der Waals surface area (Å²) in [6.07, 6.45) is -0.0941. The summed E-state index contributed by atoms with van der Waals surface area (Å²) in [5.74, 6) is -3.49. The molecule has 0 aliphatic rings. The first-order valence-corrected chi connectivity index (χ1v) is 13.3. The number of aliphatic hydroxyl groups excluding tert-OH is 1. The van der Waals surface area contributed by atoms with Crippen LogP contribution < -0.4 is 0 Å². The zero-order valence-electron chi connectivity index (χ0n) is 13.9. The van der Waals surface area contributed by atoms with Gasteiger partial charge in [-0.25, -0.2) is 25.3 Å². The molecule has 1 atom stereocenters. The van der Waals surface area contributed by atoms with Gasteiger partial charge in [-0.2, -0.15) is 0 Å². The molecule has 7 nitrogen and oxygen atoms in total. The monoisotopic (exact) mass is 444 g/mol. The van der Waals surface area contributed by atoms with Crippen LogP contribution in [0, 0.1) is 0 Å². The molecule has 0 aliphatic heterocycles. The highest BCUT2D eigenvalue weighted by Crippen LogP contribution is 2.14. The number of halogens is 1. The summed E-state index contributed by atoms with van der Waals surface area (Å²) in [6.45, 7) is 3.55. The molecule has 1 rings (SSSR count). The van der Waals surface area contributed by atoms with Gasteiger partial charge in [-0.05, 0) is 17.7 Å². The molecule has 26 heavy (non-hydrogen) atoms. The fraction of sp³-hybridized carbons (Fsp3) is 0.467. The van der Waals surface area contributed by atoms with Gasteiger partial charge in [-0.1, -0.05) is 24.8 Å². The first-order valence-electron chi connectivity index (χ1n) is 7.51. The van der Waals surface area contributed by atoms with Crippen LogP contribution in [0.5, 0.6) is 0 Å². The van der Waals surface area contributed by atoms with Gasteiger partial charge in [0.05, 0.1) is 39.8 Å². The quantitative estimate of drug-likeness (QED) is 0.494. The lowest BCUT2D eigenvalue weighted by Crippen LogP contribution is -2.32. The van der Waals surface area contributed by atoms with Gasteiger partial charge in [0.1, 0.15) is 0 Å². The van der Waals surface area contributed by atoms with Crippen molar-refractivity contribution in [1.82, 2.24) is 0 Å². The minimum Gasteiger partial charge on any atom is -0.391 e. The van der Waals surface area contributed by atoms with Crippen LogP contribution in [0.2, 0.25) is 0 Å². The average Bonchev–Trinajstić information content (AvgIpc) is 2.52. The summed E-state index contributed by atoms with van der Waals surface area (Å²) in [5.41, 5.74) is 0.720. The van der Waals surface area contributed by atoms with E-state index in [2.05, 4.69) is 6.58 Å². The van der Waals surface area contributed by atoms with E-state index in [0.717, 1.165) is 5.56 Å². The van der Waals surface area contributed by atoms with Crippen molar-refractivity contribution in [3.8, 4) is 0 Å². The maximum atomic E-state index is 12.2. The van der Waals surface area contributed by atoms with Gasteiger partial charge in [0.15, 0.2) is 29.5 Å². The van der Waals surface area contributed by atoms with Crippen molar-refractivity contribution in [1.29, 1.82) is 0 Å². The van der Waals surface area contributed by atoms with Gasteiger partial charge in [0, 0.05) is 5.88 Å². The highest BCUT2D eigenvalue weighted by molar-refractivity contribution is 7.95. The molecule has 0 aromatic heterocycles. The van der Waals surface area contributed by atoms with Crippen molar-refractivity contribution in [2.24, 2.45) is 0 Å². The largest absolute Gasteiger partial charge is 0.391 e. The summed E-state index contributed by atoms with van der Waals surface area (Å²) < 4.78 is 71.5. The van der Waals surface area contributed by atoms with Gasteiger partial charge in [-0.15, -0.1) is 11.6 Å². The molecule has 1 aromatic carbocycles. The van der Waals surface area contributed by atoms with E-state index in [9.17, 15) is 30.4 Å². The van der Waals surface area contributed by atoms with E-state index in [1.54, 1.807) is 18.2 Å². The van der Waals surface area contributed by atoms with E-state index in [4.69, 9.17) is 11.6 Å². The Labute approximate surface area is 159 Å². The summed E-state index contributed by atoms with van der Waals surface area (Å²) in [5, 5.41) is 9.69. The van der Waals surface area contributed by atoms with Crippen LogP contribution in [0.15, 0.2) is 35.7 Å². The Hall–Kier alpha value is -0.940. The zero-order valence-corrected chi connectivity index (χ0v) is 17.1. The van der Waals surface area contributed by atoms with E-state index in [1.807, 2.05) is 0 Å². The molecule has 0 fully saturated rings. The molecule has 148 valence electrons. The number of hydrogen-bond acceptors (Lipinski definition) is 7. The highest BCUT2D eigenvalue weighted by Gasteiger charge is 2.25. The molecule has 0 saturated heterocycles. The molecule has 1 aromatic rings. The molecule has 0 bridgehead atoms. The number of aliphatic hydroxyl groups is 1. The topological polar surface area (TPSA) is 123 Å². The summed E-state index contributed by atoms with van der Waals surface area (Å²) in [4.78, 5) is -0.0245. The Kier molecular flexibility index (Phi) is 8.28. The third kappa shape index (κ3) is 7.75. The van der Waals surface area contributed by atoms with Crippen molar-refractivity contribution in [2.45, 2.75) is 11.0 Å². The minimum absolute atomic E-state index is 0.0245. The fourth-order valence-corrected chi connectivity index (χ4v) is 7.60. The summed E-state index contributed by atoms with van der Waals surface area (Å²) >= 11 is 5.33. The van der Waals surface area contributed by atoms with Crippen molar-refractivity contribution in [3.63, 3.8) is 0 Å². The number of sulfone groups is 3. The summed E-state index contributed by atoms with van der Waals surface area (Å²) in [6, 6.07) is 5.79. The Morgan fingerprint density at radius 3 is 1.88 bits per heavy atom. The third-order valence-corrected chi connectivity index (χ3v) is 9.26. The molecule has 0 aliphatic carbocycles. The number of rotatable bonds is 11. The van der Waals surface area contributed by atoms with Crippen molar-refractivity contribution in [3.05, 3.63) is 36.4 Å². The predicted molar refractivity (Wildman–Crippen MR) is 103 cm³/mol. The number of benzene rings is 1. The molecule has 0 amide bonds. The molecular formula is C15H21ClO7S3. The standard InChI is InChI=1S/C15H21ClO7S3/c1-2-13-3-5-15(6-4-13)26(22,23)10-9-25(20,21)12-14(17)11-24(18,19)8-7-16/h2-6,14,17H,1,7-12H2. The maximum Gasteiger partial charge on any atom is 0.179 e. The summed E-state index contributed by atoms with van der Waals surface area (Å²) in [7, 11) is -11.5. The molecule has 0 spiro atoms. The Balaban J connectivity index is 2.73. The van der Waals surface area contributed by atoms with Gasteiger partial charge in [0.25, 0.3) is 0 Å². The maximum absolute atomic E-state index is 12.2. The first-order chi connectivity index (χ1) is 11.9. The van der Waals surface area contributed by atoms with Crippen molar-refractivity contribution < 1.29 is 30.4 Å². The van der Waals surface area contributed by atoms with E-state index >= 15 is 0 Å². The smallest absolute Gasteiger partial charge is 0.179 e. The van der Waals surface area contributed by atoms with Crippen LogP contribution in [0.1, 0.15) is 5.56 Å². The second-order valence-corrected chi connectivity index (χ2v) is 12.6. The van der Waals surface area contributed by atoms with Gasteiger partial charge < -0.3 is 5.11 Å². The lowest BCUT2D eigenvalue weighted by molar-refractivity contribution is 0.220. The number of hydrogen-bond donors (Lipinski definition) is 1. The van der Waals surface area contributed by atoms with Crippen LogP contribution in [0.4, 0.5) is 0 Å². The second kappa shape index (κ2) is 9.32. The van der Waals surface area contributed by atoms with Crippen LogP contribution in [0.3, 0.4) is 0 Å². The van der Waals surface area contributed by atoms with Gasteiger partial charge in [-0.3, -0.25) is 0 Å². The second-order valence-electron chi connectivity index (χ2n) is 5.66. The van der Waals surface area contributed by atoms with E-state index in [0.29, 0.717) is 0 Å². The Morgan fingerprint density at radius 2 is 1.42 bits per heavy atom. The van der Waals surface area contributed by atoms with Crippen LogP contribution in [0.25, 0.3) is 6.08 Å². The van der Waals surface area contributed by atoms with Crippen molar-refractivity contribution >= 4 is 47.2 Å². The molecule has 1 N–H and O–H groups in total. The van der Waals surface area contributed by atoms with Crippen molar-refractivity contribution in [2.75, 3.05) is 34.6 Å². The number of alkyl halides is 1. The van der Waals surface area contributed by atoms with E-state index < -0.39 is 58.6 Å². The van der Waals surface area contributed by atoms with Gasteiger partial charge in [0.2, 0.25) is 0 Å². The van der Waals surface area contributed by atoms with Crippen LogP contribution >= 0.6 is 11.6 Å². The Morgan fingerprint density at radius 1 is 0.923 bits per heavy atom. The SMILES string of the molecule is C=Cc1ccc(S(=O)(=O)CCS(=O)(=O)CC(O)CS(=O)(=O)CCCl)cc1. The average molecular weight is 445 g/mol. The van der Waals surface area contributed by atoms with Gasteiger partial charge >= 0.3 is 0 Å². The zero-order chi connectivity index (χ0) is 20.0. The predicted octanol–water partition coefficient (Wildman–Crippen LogP) is 0.533. The lowest BCUT2D eigenvalue weighted by Gasteiger charge is -2.12. The van der Waals surface area contributed by atoms with Crippen LogP contribution in [-0.4, -0.2) is 71.1 Å². The van der Waals surface area contributed by atoms with Crippen LogP contribution in [-0.2, 0) is 29.5 Å². The first kappa shape index (κ1) is 23.1. The fourth-order valence-electron chi connectivity index (χ4n) is 2.08.